The molecular weight excluding hydrogens is 317 g/mol. The Hall–Kier alpha value is -0.860. The van der Waals surface area contributed by atoms with Gasteiger partial charge in [0.2, 0.25) is 5.91 Å². The van der Waals surface area contributed by atoms with E-state index < -0.39 is 10.1 Å². The molecule has 0 aromatic heterocycles. The van der Waals surface area contributed by atoms with Crippen LogP contribution in [0.3, 0.4) is 0 Å². The van der Waals surface area contributed by atoms with Crippen LogP contribution in [0.5, 0.6) is 5.75 Å². The van der Waals surface area contributed by atoms with Crippen molar-refractivity contribution in [3.05, 3.63) is 36.4 Å². The first-order chi connectivity index (χ1) is 9.84. The van der Waals surface area contributed by atoms with Crippen molar-refractivity contribution in [3.8, 4) is 5.75 Å². The molecule has 0 fully saturated rings. The first-order valence-electron chi connectivity index (χ1n) is 6.44. The third-order valence-electron chi connectivity index (χ3n) is 2.75. The van der Waals surface area contributed by atoms with Crippen LogP contribution < -0.4 is 39.6 Å². The molecule has 0 saturated carbocycles. The minimum absolute atomic E-state index is 0. The van der Waals surface area contributed by atoms with Crippen molar-refractivity contribution in [2.75, 3.05) is 13.2 Å². The van der Waals surface area contributed by atoms with E-state index in [0.717, 1.165) is 12.8 Å². The number of hydrogen-bond acceptors (Lipinski definition) is 5. The SMILES string of the molecule is C=CC(=O)NCCCCOc1ccc(S(=O)(=O)[O-])cc1C.[Na+]. The molecule has 8 heteroatoms. The molecule has 1 N–H and O–H groups in total. The molecule has 0 heterocycles. The van der Waals surface area contributed by atoms with Crippen LogP contribution in [0.1, 0.15) is 18.4 Å². The normalized spacial score (nSPS) is 10.5. The average molecular weight is 335 g/mol. The Bertz CT molecular complexity index is 616. The summed E-state index contributed by atoms with van der Waals surface area (Å²) in [7, 11) is -4.44. The summed E-state index contributed by atoms with van der Waals surface area (Å²) in [6.45, 7) is 6.00. The van der Waals surface area contributed by atoms with Gasteiger partial charge in [0.15, 0.2) is 0 Å². The maximum absolute atomic E-state index is 10.9. The molecule has 1 amide bonds. The maximum atomic E-state index is 10.9. The molecule has 0 aliphatic heterocycles. The summed E-state index contributed by atoms with van der Waals surface area (Å²) in [5.41, 5.74) is 0.590. The molecule has 22 heavy (non-hydrogen) atoms. The zero-order valence-electron chi connectivity index (χ0n) is 12.8. The summed E-state index contributed by atoms with van der Waals surface area (Å²) in [5.74, 6) is 0.332. The van der Waals surface area contributed by atoms with Gasteiger partial charge in [0.25, 0.3) is 0 Å². The van der Waals surface area contributed by atoms with E-state index in [0.29, 0.717) is 24.5 Å². The molecule has 0 atom stereocenters. The zero-order valence-corrected chi connectivity index (χ0v) is 15.6. The summed E-state index contributed by atoms with van der Waals surface area (Å²) in [6, 6.07) is 4.00. The molecule has 116 valence electrons. The van der Waals surface area contributed by atoms with Crippen LogP contribution in [0.2, 0.25) is 0 Å². The molecule has 0 aliphatic rings. The molecule has 0 saturated heterocycles. The van der Waals surface area contributed by atoms with Gasteiger partial charge in [-0.15, -0.1) is 0 Å². The van der Waals surface area contributed by atoms with E-state index in [-0.39, 0.29) is 40.4 Å². The van der Waals surface area contributed by atoms with Gasteiger partial charge in [0.1, 0.15) is 15.9 Å². The van der Waals surface area contributed by atoms with Crippen molar-refractivity contribution >= 4 is 16.0 Å². The molecule has 1 aromatic carbocycles. The van der Waals surface area contributed by atoms with Crippen LogP contribution >= 0.6 is 0 Å². The molecule has 0 spiro atoms. The molecule has 0 unspecified atom stereocenters. The summed E-state index contributed by atoms with van der Waals surface area (Å²) in [6.07, 6.45) is 2.70. The van der Waals surface area contributed by atoms with Gasteiger partial charge in [-0.05, 0) is 49.6 Å². The second-order valence-electron chi connectivity index (χ2n) is 4.43. The molecular formula is C14H18NNaO5S. The van der Waals surface area contributed by atoms with Crippen LogP contribution in [0, 0.1) is 6.92 Å². The fraction of sp³-hybridized carbons (Fsp3) is 0.357. The first kappa shape index (κ1) is 21.1. The molecule has 1 rings (SSSR count). The molecule has 1 aromatic rings. The van der Waals surface area contributed by atoms with E-state index in [1.807, 2.05) is 0 Å². The van der Waals surface area contributed by atoms with Crippen molar-refractivity contribution in [2.45, 2.75) is 24.7 Å². The minimum atomic E-state index is -4.44. The van der Waals surface area contributed by atoms with Crippen molar-refractivity contribution in [2.24, 2.45) is 0 Å². The third kappa shape index (κ3) is 7.42. The van der Waals surface area contributed by atoms with Gasteiger partial charge in [0, 0.05) is 6.54 Å². The summed E-state index contributed by atoms with van der Waals surface area (Å²) in [5, 5.41) is 2.65. The van der Waals surface area contributed by atoms with Crippen molar-refractivity contribution in [1.29, 1.82) is 0 Å². The topological polar surface area (TPSA) is 95.5 Å². The minimum Gasteiger partial charge on any atom is -0.744 e. The van der Waals surface area contributed by atoms with Gasteiger partial charge in [-0.25, -0.2) is 8.42 Å². The van der Waals surface area contributed by atoms with Crippen molar-refractivity contribution in [1.82, 2.24) is 5.32 Å². The van der Waals surface area contributed by atoms with E-state index in [4.69, 9.17) is 4.74 Å². The predicted molar refractivity (Wildman–Crippen MR) is 77.1 cm³/mol. The zero-order chi connectivity index (χ0) is 15.9. The van der Waals surface area contributed by atoms with Crippen LogP contribution in [0.25, 0.3) is 0 Å². The number of amides is 1. The fourth-order valence-electron chi connectivity index (χ4n) is 1.63. The summed E-state index contributed by atoms with van der Waals surface area (Å²) in [4.78, 5) is 10.6. The van der Waals surface area contributed by atoms with E-state index in [2.05, 4.69) is 11.9 Å². The quantitative estimate of drug-likeness (QED) is 0.266. The summed E-state index contributed by atoms with van der Waals surface area (Å²) >= 11 is 0. The van der Waals surface area contributed by atoms with Crippen molar-refractivity contribution < 1.29 is 52.1 Å². The number of carbonyl (C=O) groups is 1. The Balaban J connectivity index is 0.00000441. The Kier molecular flexibility index (Phi) is 9.63. The van der Waals surface area contributed by atoms with Crippen molar-refractivity contribution in [3.63, 3.8) is 0 Å². The maximum Gasteiger partial charge on any atom is 1.00 e. The second kappa shape index (κ2) is 10.0. The van der Waals surface area contributed by atoms with Gasteiger partial charge in [0.05, 0.1) is 11.5 Å². The van der Waals surface area contributed by atoms with E-state index >= 15 is 0 Å². The van der Waals surface area contributed by atoms with Gasteiger partial charge < -0.3 is 14.6 Å². The summed E-state index contributed by atoms with van der Waals surface area (Å²) < 4.78 is 38.1. The smallest absolute Gasteiger partial charge is 0.744 e. The Morgan fingerprint density at radius 1 is 1.41 bits per heavy atom. The van der Waals surface area contributed by atoms with Crippen LogP contribution in [0.15, 0.2) is 35.7 Å². The predicted octanol–water partition coefficient (Wildman–Crippen LogP) is -1.64. The number of carbonyl (C=O) groups excluding carboxylic acids is 1. The number of unbranched alkanes of at least 4 members (excludes halogenated alkanes) is 1. The van der Waals surface area contributed by atoms with E-state index in [1.165, 1.54) is 24.3 Å². The second-order valence-corrected chi connectivity index (χ2v) is 5.81. The van der Waals surface area contributed by atoms with Gasteiger partial charge in [-0.2, -0.15) is 0 Å². The molecule has 0 radical (unpaired) electrons. The van der Waals surface area contributed by atoms with Gasteiger partial charge >= 0.3 is 29.6 Å². The first-order valence-corrected chi connectivity index (χ1v) is 7.85. The number of hydrogen-bond donors (Lipinski definition) is 1. The Labute approximate surface area is 153 Å². The molecule has 6 nitrogen and oxygen atoms in total. The van der Waals surface area contributed by atoms with E-state index in [1.54, 1.807) is 6.92 Å². The average Bonchev–Trinajstić information content (AvgIpc) is 2.42. The number of aryl methyl sites for hydroxylation is 1. The number of ether oxygens (including phenoxy) is 1. The fourth-order valence-corrected chi connectivity index (χ4v) is 2.19. The van der Waals surface area contributed by atoms with E-state index in [9.17, 15) is 17.8 Å². The largest absolute Gasteiger partial charge is 1.00 e. The Morgan fingerprint density at radius 3 is 2.64 bits per heavy atom. The monoisotopic (exact) mass is 335 g/mol. The molecule has 0 bridgehead atoms. The standard InChI is InChI=1S/C14H19NO5S.Na/c1-3-14(16)15-8-4-5-9-20-13-7-6-12(10-11(13)2)21(17,18)19;/h3,6-7,10H,1,4-5,8-9H2,2H3,(H,15,16)(H,17,18,19);/q;+1/p-1. The van der Waals surface area contributed by atoms with Gasteiger partial charge in [-0.1, -0.05) is 6.58 Å². The number of benzene rings is 1. The van der Waals surface area contributed by atoms with Gasteiger partial charge in [-0.3, -0.25) is 4.79 Å². The Morgan fingerprint density at radius 2 is 2.09 bits per heavy atom. The van der Waals surface area contributed by atoms with Crippen LogP contribution in [-0.2, 0) is 14.9 Å². The number of nitrogens with one attached hydrogen (secondary N) is 1. The number of rotatable bonds is 8. The third-order valence-corrected chi connectivity index (χ3v) is 3.58. The van der Waals surface area contributed by atoms with Crippen LogP contribution in [0.4, 0.5) is 0 Å². The van der Waals surface area contributed by atoms with Crippen LogP contribution in [-0.4, -0.2) is 32.0 Å². The molecule has 0 aliphatic carbocycles.